The van der Waals surface area contributed by atoms with Gasteiger partial charge < -0.3 is 20.4 Å². The fourth-order valence-electron chi connectivity index (χ4n) is 2.65. The number of aryl methyl sites for hydroxylation is 1. The van der Waals surface area contributed by atoms with Crippen LogP contribution in [0.4, 0.5) is 0 Å². The lowest BCUT2D eigenvalue weighted by atomic mass is 10.1. The number of carbonyl (C=O) groups is 3. The van der Waals surface area contributed by atoms with Gasteiger partial charge in [0.15, 0.2) is 0 Å². The number of furan rings is 1. The van der Waals surface area contributed by atoms with Gasteiger partial charge in [-0.25, -0.2) is 0 Å². The maximum atomic E-state index is 12.9. The first-order valence-corrected chi connectivity index (χ1v) is 7.73. The van der Waals surface area contributed by atoms with E-state index in [0.717, 1.165) is 9.86 Å². The molecule has 1 aliphatic rings. The second-order valence-corrected chi connectivity index (χ2v) is 6.20. The molecule has 1 aromatic heterocycles. The summed E-state index contributed by atoms with van der Waals surface area (Å²) in [5.41, 5.74) is 6.05. The summed E-state index contributed by atoms with van der Waals surface area (Å²) in [6, 6.07) is 4.26. The number of benzene rings is 1. The van der Waals surface area contributed by atoms with Gasteiger partial charge in [0, 0.05) is 16.4 Å². The van der Waals surface area contributed by atoms with Gasteiger partial charge in [-0.3, -0.25) is 14.4 Å². The van der Waals surface area contributed by atoms with Crippen LogP contribution >= 0.6 is 15.9 Å². The van der Waals surface area contributed by atoms with Gasteiger partial charge in [-0.05, 0) is 25.1 Å². The van der Waals surface area contributed by atoms with Gasteiger partial charge in [0.05, 0.1) is 5.56 Å². The van der Waals surface area contributed by atoms with Crippen molar-refractivity contribution >= 4 is 44.6 Å². The number of hydrogen-bond acceptors (Lipinski definition) is 4. The maximum Gasteiger partial charge on any atom is 0.258 e. The van der Waals surface area contributed by atoms with Crippen LogP contribution < -0.4 is 11.1 Å². The second kappa shape index (κ2) is 5.69. The van der Waals surface area contributed by atoms with Crippen LogP contribution in [0.5, 0.6) is 0 Å². The monoisotopic (exact) mass is 379 g/mol. The zero-order valence-electron chi connectivity index (χ0n) is 12.3. The number of primary amides is 1. The molecule has 7 nitrogen and oxygen atoms in total. The highest BCUT2D eigenvalue weighted by molar-refractivity contribution is 9.10. The van der Waals surface area contributed by atoms with Crippen molar-refractivity contribution in [2.45, 2.75) is 13.0 Å². The van der Waals surface area contributed by atoms with Crippen LogP contribution in [0.15, 0.2) is 27.1 Å². The number of amides is 3. The lowest BCUT2D eigenvalue weighted by Gasteiger charge is -2.33. The molecule has 3 rings (SSSR count). The van der Waals surface area contributed by atoms with E-state index < -0.39 is 17.9 Å². The van der Waals surface area contributed by atoms with Crippen molar-refractivity contribution in [1.82, 2.24) is 10.2 Å². The number of carbonyl (C=O) groups excluding carboxylic acids is 3. The van der Waals surface area contributed by atoms with Crippen molar-refractivity contribution in [3.05, 3.63) is 34.0 Å². The second-order valence-electron chi connectivity index (χ2n) is 5.35. The summed E-state index contributed by atoms with van der Waals surface area (Å²) in [6.45, 7) is 1.57. The average Bonchev–Trinajstić information content (AvgIpc) is 2.89. The van der Waals surface area contributed by atoms with Crippen LogP contribution in [0.3, 0.4) is 0 Å². The van der Waals surface area contributed by atoms with Crippen LogP contribution in [0, 0.1) is 6.92 Å². The molecule has 1 aromatic carbocycles. The Kier molecular flexibility index (Phi) is 3.85. The van der Waals surface area contributed by atoms with Gasteiger partial charge in [0.1, 0.15) is 23.9 Å². The topological polar surface area (TPSA) is 106 Å². The zero-order chi connectivity index (χ0) is 16.7. The van der Waals surface area contributed by atoms with Crippen molar-refractivity contribution in [1.29, 1.82) is 0 Å². The van der Waals surface area contributed by atoms with E-state index in [4.69, 9.17) is 10.2 Å². The molecule has 1 aliphatic heterocycles. The SMILES string of the molecule is Cc1cc2c(Br)ccc(C(=O)N3CC(=O)NCC3C(N)=O)c2o1. The molecule has 0 radical (unpaired) electrons. The Morgan fingerprint density at radius 2 is 2.17 bits per heavy atom. The molecule has 23 heavy (non-hydrogen) atoms. The van der Waals surface area contributed by atoms with Crippen LogP contribution in [0.1, 0.15) is 16.1 Å². The standard InChI is InChI=1S/C15H14BrN3O4/c1-7-4-9-10(16)3-2-8(13(9)23-7)15(22)19-6-12(20)18-5-11(19)14(17)21/h2-4,11H,5-6H2,1H3,(H2,17,21)(H,18,20). The molecule has 0 aliphatic carbocycles. The van der Waals surface area contributed by atoms with E-state index in [1.165, 1.54) is 4.90 Å². The Bertz CT molecular complexity index is 829. The minimum Gasteiger partial charge on any atom is -0.460 e. The molecule has 120 valence electrons. The Hall–Kier alpha value is -2.35. The first-order valence-electron chi connectivity index (χ1n) is 6.94. The summed E-state index contributed by atoms with van der Waals surface area (Å²) in [6.07, 6.45) is 0. The van der Waals surface area contributed by atoms with E-state index in [-0.39, 0.29) is 24.6 Å². The van der Waals surface area contributed by atoms with Gasteiger partial charge in [0.25, 0.3) is 5.91 Å². The Morgan fingerprint density at radius 1 is 1.43 bits per heavy atom. The molecule has 0 saturated carbocycles. The Balaban J connectivity index is 2.07. The number of halogens is 1. The quantitative estimate of drug-likeness (QED) is 0.809. The fourth-order valence-corrected chi connectivity index (χ4v) is 3.07. The summed E-state index contributed by atoms with van der Waals surface area (Å²) in [4.78, 5) is 37.2. The summed E-state index contributed by atoms with van der Waals surface area (Å²) in [5, 5.41) is 3.29. The highest BCUT2D eigenvalue weighted by atomic mass is 79.9. The smallest absolute Gasteiger partial charge is 0.258 e. The lowest BCUT2D eigenvalue weighted by molar-refractivity contribution is -0.129. The minimum absolute atomic E-state index is 0.0107. The normalized spacial score (nSPS) is 18.1. The van der Waals surface area contributed by atoms with E-state index in [9.17, 15) is 14.4 Å². The summed E-state index contributed by atoms with van der Waals surface area (Å²) < 4.78 is 6.42. The molecule has 3 N–H and O–H groups in total. The third-order valence-corrected chi connectivity index (χ3v) is 4.45. The van der Waals surface area contributed by atoms with Crippen LogP contribution in [0.25, 0.3) is 11.0 Å². The number of piperazine rings is 1. The summed E-state index contributed by atoms with van der Waals surface area (Å²) in [7, 11) is 0. The van der Waals surface area contributed by atoms with E-state index in [0.29, 0.717) is 11.3 Å². The molecular weight excluding hydrogens is 366 g/mol. The van der Waals surface area contributed by atoms with Gasteiger partial charge in [-0.1, -0.05) is 15.9 Å². The molecule has 1 saturated heterocycles. The first kappa shape index (κ1) is 15.5. The molecule has 0 bridgehead atoms. The first-order chi connectivity index (χ1) is 10.9. The third-order valence-electron chi connectivity index (χ3n) is 3.76. The molecule has 2 aromatic rings. The van der Waals surface area contributed by atoms with Crippen molar-refractivity contribution in [3.63, 3.8) is 0 Å². The zero-order valence-corrected chi connectivity index (χ0v) is 13.8. The predicted octanol–water partition coefficient (Wildman–Crippen LogP) is 0.930. The maximum absolute atomic E-state index is 12.9. The van der Waals surface area contributed by atoms with Gasteiger partial charge in [0.2, 0.25) is 11.8 Å². The van der Waals surface area contributed by atoms with Crippen molar-refractivity contribution in [2.75, 3.05) is 13.1 Å². The van der Waals surface area contributed by atoms with Crippen molar-refractivity contribution in [2.24, 2.45) is 5.73 Å². The largest absolute Gasteiger partial charge is 0.460 e. The number of nitrogens with one attached hydrogen (secondary N) is 1. The molecular formula is C15H14BrN3O4. The Morgan fingerprint density at radius 3 is 2.87 bits per heavy atom. The number of nitrogens with two attached hydrogens (primary N) is 1. The highest BCUT2D eigenvalue weighted by Crippen LogP contribution is 2.31. The fraction of sp³-hybridized carbons (Fsp3) is 0.267. The third kappa shape index (κ3) is 2.70. The van der Waals surface area contributed by atoms with Gasteiger partial charge in [-0.15, -0.1) is 0 Å². The highest BCUT2D eigenvalue weighted by Gasteiger charge is 2.35. The van der Waals surface area contributed by atoms with Crippen molar-refractivity contribution < 1.29 is 18.8 Å². The number of fused-ring (bicyclic) bond motifs is 1. The summed E-state index contributed by atoms with van der Waals surface area (Å²) >= 11 is 3.41. The van der Waals surface area contributed by atoms with Gasteiger partial charge >= 0.3 is 0 Å². The summed E-state index contributed by atoms with van der Waals surface area (Å²) in [5.74, 6) is -0.804. The van der Waals surface area contributed by atoms with E-state index in [1.54, 1.807) is 19.1 Å². The molecule has 3 amide bonds. The average molecular weight is 380 g/mol. The molecule has 0 spiro atoms. The van der Waals surface area contributed by atoms with Crippen LogP contribution in [0.2, 0.25) is 0 Å². The number of nitrogens with zero attached hydrogens (tertiary/aromatic N) is 1. The molecule has 1 atom stereocenters. The predicted molar refractivity (Wildman–Crippen MR) is 85.7 cm³/mol. The number of rotatable bonds is 2. The minimum atomic E-state index is -0.880. The van der Waals surface area contributed by atoms with Gasteiger partial charge in [-0.2, -0.15) is 0 Å². The molecule has 1 unspecified atom stereocenters. The van der Waals surface area contributed by atoms with E-state index >= 15 is 0 Å². The van der Waals surface area contributed by atoms with E-state index in [2.05, 4.69) is 21.2 Å². The Labute approximate surface area is 139 Å². The molecule has 2 heterocycles. The van der Waals surface area contributed by atoms with Crippen LogP contribution in [-0.4, -0.2) is 41.8 Å². The van der Waals surface area contributed by atoms with E-state index in [1.807, 2.05) is 6.07 Å². The molecule has 1 fully saturated rings. The lowest BCUT2D eigenvalue weighted by Crippen LogP contribution is -2.60. The number of hydrogen-bond donors (Lipinski definition) is 2. The van der Waals surface area contributed by atoms with Crippen molar-refractivity contribution in [3.8, 4) is 0 Å². The molecule has 8 heteroatoms. The van der Waals surface area contributed by atoms with Crippen LogP contribution in [-0.2, 0) is 9.59 Å².